The molecule has 4 atom stereocenters. The van der Waals surface area contributed by atoms with Gasteiger partial charge in [-0.3, -0.25) is 19.2 Å². The first-order chi connectivity index (χ1) is 20.6. The molecular formula is C28H39N9O6. The highest BCUT2D eigenvalue weighted by atomic mass is 16.4. The van der Waals surface area contributed by atoms with Gasteiger partial charge in [-0.2, -0.15) is 0 Å². The number of carbonyl (C=O) groups is 5. The summed E-state index contributed by atoms with van der Waals surface area (Å²) in [6.45, 7) is 0.368. The molecule has 4 unspecified atom stereocenters. The monoisotopic (exact) mass is 597 g/mol. The zero-order chi connectivity index (χ0) is 31.4. The van der Waals surface area contributed by atoms with Crippen LogP contribution in [0.25, 0.3) is 10.9 Å². The first kappa shape index (κ1) is 32.8. The predicted octanol–water partition coefficient (Wildman–Crippen LogP) is -1.06. The van der Waals surface area contributed by atoms with E-state index in [1.54, 1.807) is 6.20 Å². The quantitative estimate of drug-likeness (QED) is 0.0807. The molecule has 0 saturated heterocycles. The molecule has 15 heteroatoms. The van der Waals surface area contributed by atoms with Crippen LogP contribution in [0.2, 0.25) is 0 Å². The molecule has 12 N–H and O–H groups in total. The lowest BCUT2D eigenvalue weighted by Crippen LogP contribution is -2.57. The number of aromatic amines is 2. The summed E-state index contributed by atoms with van der Waals surface area (Å²) in [6, 6.07) is 2.69. The van der Waals surface area contributed by atoms with Crippen LogP contribution in [0.3, 0.4) is 0 Å². The number of hydrogen-bond donors (Lipinski definition) is 9. The number of aromatic nitrogens is 3. The van der Waals surface area contributed by atoms with Gasteiger partial charge in [0.25, 0.3) is 0 Å². The topological polar surface area (TPSA) is 264 Å². The smallest absolute Gasteiger partial charge is 0.326 e. The average molecular weight is 598 g/mol. The van der Waals surface area contributed by atoms with Crippen molar-refractivity contribution in [3.8, 4) is 0 Å². The van der Waals surface area contributed by atoms with Crippen LogP contribution in [0, 0.1) is 0 Å². The number of unbranched alkanes of at least 4 members (excludes halogenated alkanes) is 1. The minimum Gasteiger partial charge on any atom is -0.480 e. The normalized spacial score (nSPS) is 13.9. The molecule has 0 spiro atoms. The third-order valence-corrected chi connectivity index (χ3v) is 6.94. The van der Waals surface area contributed by atoms with Gasteiger partial charge in [0, 0.05) is 48.3 Å². The molecule has 0 saturated carbocycles. The summed E-state index contributed by atoms with van der Waals surface area (Å²) in [7, 11) is 0. The summed E-state index contributed by atoms with van der Waals surface area (Å²) in [6.07, 6.45) is 5.61. The van der Waals surface area contributed by atoms with Crippen molar-refractivity contribution in [2.45, 2.75) is 69.1 Å². The minimum absolute atomic E-state index is 0.0410. The highest BCUT2D eigenvalue weighted by Crippen LogP contribution is 2.19. The zero-order valence-corrected chi connectivity index (χ0v) is 23.7. The number of benzene rings is 1. The van der Waals surface area contributed by atoms with Gasteiger partial charge in [0.1, 0.15) is 18.1 Å². The van der Waals surface area contributed by atoms with Crippen molar-refractivity contribution in [2.24, 2.45) is 17.2 Å². The number of imidazole rings is 1. The molecule has 0 aliphatic carbocycles. The van der Waals surface area contributed by atoms with Gasteiger partial charge < -0.3 is 48.2 Å². The van der Waals surface area contributed by atoms with Gasteiger partial charge in [-0.1, -0.05) is 18.2 Å². The van der Waals surface area contributed by atoms with Crippen LogP contribution in [0.5, 0.6) is 0 Å². The van der Waals surface area contributed by atoms with E-state index in [1.807, 2.05) is 24.3 Å². The standard InChI is InChI=1S/C28H39N9O6/c29-10-4-3-7-22(28(42)43)36-26(40)21(8-9-24(31)38)35-27(41)23(11-16-13-33-20-6-2-1-5-18(16)20)37-25(39)19(30)12-17-14-32-15-34-17/h1-2,5-6,13-15,19,21-23,33H,3-4,7-12,29-30H2,(H2,31,38)(H,32,34)(H,35,41)(H,36,40)(H,37,39)(H,42,43). The van der Waals surface area contributed by atoms with E-state index >= 15 is 0 Å². The lowest BCUT2D eigenvalue weighted by molar-refractivity contribution is -0.142. The maximum atomic E-state index is 13.7. The van der Waals surface area contributed by atoms with E-state index in [2.05, 4.69) is 30.9 Å². The summed E-state index contributed by atoms with van der Waals surface area (Å²) in [5, 5.41) is 18.1. The molecule has 2 aromatic heterocycles. The highest BCUT2D eigenvalue weighted by Gasteiger charge is 2.31. The fraction of sp³-hybridized carbons (Fsp3) is 0.429. The van der Waals surface area contributed by atoms with Gasteiger partial charge in [0.15, 0.2) is 0 Å². The Hall–Kier alpha value is -4.76. The lowest BCUT2D eigenvalue weighted by atomic mass is 10.0. The first-order valence-electron chi connectivity index (χ1n) is 14.0. The van der Waals surface area contributed by atoms with E-state index in [1.165, 1.54) is 12.5 Å². The molecule has 4 amide bonds. The van der Waals surface area contributed by atoms with Crippen molar-refractivity contribution in [3.63, 3.8) is 0 Å². The van der Waals surface area contributed by atoms with E-state index < -0.39 is 53.8 Å². The number of H-pyrrole nitrogens is 2. The lowest BCUT2D eigenvalue weighted by Gasteiger charge is -2.25. The molecular weight excluding hydrogens is 558 g/mol. The van der Waals surface area contributed by atoms with Crippen molar-refractivity contribution in [2.75, 3.05) is 6.54 Å². The fourth-order valence-corrected chi connectivity index (χ4v) is 4.58. The van der Waals surface area contributed by atoms with Gasteiger partial charge in [0.2, 0.25) is 23.6 Å². The molecule has 2 heterocycles. The molecule has 0 bridgehead atoms. The van der Waals surface area contributed by atoms with E-state index in [4.69, 9.17) is 17.2 Å². The second-order valence-electron chi connectivity index (χ2n) is 10.3. The number of carboxylic acid groups (broad SMARTS) is 1. The van der Waals surface area contributed by atoms with Crippen molar-refractivity contribution < 1.29 is 29.1 Å². The maximum absolute atomic E-state index is 13.7. The van der Waals surface area contributed by atoms with Crippen LogP contribution in [0.1, 0.15) is 43.4 Å². The molecule has 3 aromatic rings. The van der Waals surface area contributed by atoms with E-state index in [9.17, 15) is 29.1 Å². The number of fused-ring (bicyclic) bond motifs is 1. The van der Waals surface area contributed by atoms with Gasteiger partial charge in [-0.25, -0.2) is 9.78 Å². The van der Waals surface area contributed by atoms with Gasteiger partial charge in [-0.15, -0.1) is 0 Å². The van der Waals surface area contributed by atoms with Crippen LogP contribution in [-0.2, 0) is 36.8 Å². The molecule has 43 heavy (non-hydrogen) atoms. The van der Waals surface area contributed by atoms with Crippen LogP contribution >= 0.6 is 0 Å². The van der Waals surface area contributed by atoms with E-state index in [0.717, 1.165) is 16.5 Å². The third-order valence-electron chi connectivity index (χ3n) is 6.94. The molecule has 1 aromatic carbocycles. The Balaban J connectivity index is 1.81. The Morgan fingerprint density at radius 3 is 2.26 bits per heavy atom. The minimum atomic E-state index is -1.31. The highest BCUT2D eigenvalue weighted by molar-refractivity contribution is 5.95. The average Bonchev–Trinajstić information content (AvgIpc) is 3.64. The van der Waals surface area contributed by atoms with Crippen molar-refractivity contribution >= 4 is 40.5 Å². The predicted molar refractivity (Wildman–Crippen MR) is 157 cm³/mol. The number of nitrogens with two attached hydrogens (primary N) is 3. The summed E-state index contributed by atoms with van der Waals surface area (Å²) < 4.78 is 0. The Morgan fingerprint density at radius 1 is 0.884 bits per heavy atom. The number of primary amides is 1. The van der Waals surface area contributed by atoms with E-state index in [0.29, 0.717) is 25.1 Å². The number of nitrogens with one attached hydrogen (secondary N) is 5. The van der Waals surface area contributed by atoms with Gasteiger partial charge in [-0.05, 0) is 43.9 Å². The van der Waals surface area contributed by atoms with Crippen LogP contribution in [0.4, 0.5) is 0 Å². The molecule has 0 fully saturated rings. The molecule has 0 aliphatic rings. The Bertz CT molecular complexity index is 1390. The maximum Gasteiger partial charge on any atom is 0.326 e. The Morgan fingerprint density at radius 2 is 1.58 bits per heavy atom. The summed E-state index contributed by atoms with van der Waals surface area (Å²) in [4.78, 5) is 73.1. The summed E-state index contributed by atoms with van der Waals surface area (Å²) in [5.41, 5.74) is 19.1. The van der Waals surface area contributed by atoms with Crippen LogP contribution in [0.15, 0.2) is 43.0 Å². The van der Waals surface area contributed by atoms with Crippen LogP contribution in [-0.4, -0.2) is 80.4 Å². The number of amides is 4. The summed E-state index contributed by atoms with van der Waals surface area (Å²) >= 11 is 0. The molecule has 232 valence electrons. The van der Waals surface area contributed by atoms with Gasteiger partial charge >= 0.3 is 5.97 Å². The number of carboxylic acids is 1. The number of para-hydroxylation sites is 1. The second-order valence-corrected chi connectivity index (χ2v) is 10.3. The number of aliphatic carboxylic acids is 1. The second kappa shape index (κ2) is 16.0. The number of nitrogens with zero attached hydrogens (tertiary/aromatic N) is 1. The van der Waals surface area contributed by atoms with Gasteiger partial charge in [0.05, 0.1) is 12.4 Å². The number of hydrogen-bond acceptors (Lipinski definition) is 8. The first-order valence-corrected chi connectivity index (χ1v) is 14.0. The zero-order valence-electron chi connectivity index (χ0n) is 23.7. The SMILES string of the molecule is NCCCCC(NC(=O)C(CCC(N)=O)NC(=O)C(Cc1c[nH]c2ccccc12)NC(=O)C(N)Cc1cnc[nH]1)C(=O)O. The van der Waals surface area contributed by atoms with Crippen molar-refractivity contribution in [3.05, 3.63) is 54.2 Å². The van der Waals surface area contributed by atoms with Crippen LogP contribution < -0.4 is 33.2 Å². The fourth-order valence-electron chi connectivity index (χ4n) is 4.58. The molecule has 3 rings (SSSR count). The Kier molecular flexibility index (Phi) is 12.2. The molecule has 0 radical (unpaired) electrons. The Labute approximate surface area is 247 Å². The summed E-state index contributed by atoms with van der Waals surface area (Å²) in [5.74, 6) is -4.10. The molecule has 0 aliphatic heterocycles. The van der Waals surface area contributed by atoms with E-state index in [-0.39, 0.29) is 32.1 Å². The number of carbonyl (C=O) groups excluding carboxylic acids is 4. The number of rotatable bonds is 18. The van der Waals surface area contributed by atoms with Crippen molar-refractivity contribution in [1.29, 1.82) is 0 Å². The largest absolute Gasteiger partial charge is 0.480 e. The molecule has 15 nitrogen and oxygen atoms in total. The van der Waals surface area contributed by atoms with Crippen molar-refractivity contribution in [1.82, 2.24) is 30.9 Å². The third kappa shape index (κ3) is 9.93.